The van der Waals surface area contributed by atoms with Crippen LogP contribution >= 0.6 is 0 Å². The van der Waals surface area contributed by atoms with Gasteiger partial charge < -0.3 is 9.47 Å². The lowest BCUT2D eigenvalue weighted by Gasteiger charge is -2.33. The van der Waals surface area contributed by atoms with E-state index in [4.69, 9.17) is 4.74 Å². The normalized spacial score (nSPS) is 15.9. The fraction of sp³-hybridized carbons (Fsp3) is 0.550. The van der Waals surface area contributed by atoms with Crippen LogP contribution in [0.3, 0.4) is 0 Å². The molecule has 0 aromatic heterocycles. The molecule has 1 aromatic carbocycles. The summed E-state index contributed by atoms with van der Waals surface area (Å²) in [5.41, 5.74) is -3.97. The Bertz CT molecular complexity index is 654. The summed E-state index contributed by atoms with van der Waals surface area (Å²) < 4.78 is 88.6. The Morgan fingerprint density at radius 2 is 1.66 bits per heavy atom. The number of methoxy groups -OCH3 is 1. The van der Waals surface area contributed by atoms with Gasteiger partial charge >= 0.3 is 18.3 Å². The lowest BCUT2D eigenvalue weighted by molar-refractivity contribution is -0.277. The second kappa shape index (κ2) is 10.7. The van der Waals surface area contributed by atoms with Crippen molar-refractivity contribution >= 4 is 5.97 Å². The Labute approximate surface area is 165 Å². The summed E-state index contributed by atoms with van der Waals surface area (Å²) in [6.07, 6.45) is -8.26. The molecule has 0 bridgehead atoms. The van der Waals surface area contributed by atoms with Gasteiger partial charge in [0.2, 0.25) is 0 Å². The molecule has 0 unspecified atom stereocenters. The van der Waals surface area contributed by atoms with Crippen LogP contribution in [0.25, 0.3) is 0 Å². The number of carbonyl (C=O) groups is 1. The molecule has 0 saturated carbocycles. The minimum atomic E-state index is -5.19. The molecule has 0 saturated heterocycles. The van der Waals surface area contributed by atoms with Crippen LogP contribution in [0.15, 0.2) is 42.5 Å². The standard InChI is InChI=1S/C20H24F6O3/c1-3-4-5-9-12-16(13-14-18(21,22)23)29-17(27)19(28-2,20(24,25)26)15-10-7-6-8-11-15/h6-8,10-11,13-14,16H,3-5,9,12H2,1-2H3/b14-13+/t16-,19+/m0/s1. The first-order chi connectivity index (χ1) is 13.5. The van der Waals surface area contributed by atoms with Gasteiger partial charge in [-0.3, -0.25) is 0 Å². The van der Waals surface area contributed by atoms with E-state index in [1.165, 1.54) is 18.2 Å². The van der Waals surface area contributed by atoms with E-state index in [-0.39, 0.29) is 12.5 Å². The number of hydrogen-bond donors (Lipinski definition) is 0. The maximum Gasteiger partial charge on any atom is 0.432 e. The lowest BCUT2D eigenvalue weighted by Crippen LogP contribution is -2.52. The Hall–Kier alpha value is -2.03. The lowest BCUT2D eigenvalue weighted by atomic mass is 9.92. The van der Waals surface area contributed by atoms with E-state index in [0.29, 0.717) is 26.0 Å². The smallest absolute Gasteiger partial charge is 0.432 e. The Kier molecular flexibility index (Phi) is 9.19. The predicted octanol–water partition coefficient (Wildman–Crippen LogP) is 6.09. The predicted molar refractivity (Wildman–Crippen MR) is 95.0 cm³/mol. The van der Waals surface area contributed by atoms with Crippen molar-refractivity contribution in [2.75, 3.05) is 7.11 Å². The molecule has 0 spiro atoms. The average Bonchev–Trinajstić information content (AvgIpc) is 2.63. The van der Waals surface area contributed by atoms with Crippen LogP contribution in [-0.4, -0.2) is 31.5 Å². The molecule has 164 valence electrons. The number of alkyl halides is 6. The largest absolute Gasteiger partial charge is 0.455 e. The van der Waals surface area contributed by atoms with Gasteiger partial charge in [0, 0.05) is 18.7 Å². The van der Waals surface area contributed by atoms with Crippen LogP contribution in [0.5, 0.6) is 0 Å². The van der Waals surface area contributed by atoms with Gasteiger partial charge in [-0.1, -0.05) is 56.5 Å². The van der Waals surface area contributed by atoms with Crippen molar-refractivity contribution < 1.29 is 40.6 Å². The molecule has 9 heteroatoms. The molecule has 1 aromatic rings. The highest BCUT2D eigenvalue weighted by molar-refractivity contribution is 5.83. The number of carbonyl (C=O) groups excluding carboxylic acids is 1. The molecule has 0 amide bonds. The van der Waals surface area contributed by atoms with Crippen molar-refractivity contribution in [1.29, 1.82) is 0 Å². The van der Waals surface area contributed by atoms with Gasteiger partial charge in [0.1, 0.15) is 6.10 Å². The molecule has 0 N–H and O–H groups in total. The SMILES string of the molecule is CCCCCC[C@@H](/C=C/C(F)(F)F)OC(=O)[C@](OC)(c1ccccc1)C(F)(F)F. The highest BCUT2D eigenvalue weighted by Crippen LogP contribution is 2.43. The molecule has 29 heavy (non-hydrogen) atoms. The van der Waals surface area contributed by atoms with E-state index < -0.39 is 35.6 Å². The molecule has 0 aliphatic heterocycles. The van der Waals surface area contributed by atoms with Gasteiger partial charge in [-0.05, 0) is 18.9 Å². The minimum Gasteiger partial charge on any atom is -0.455 e. The molecule has 0 heterocycles. The van der Waals surface area contributed by atoms with E-state index in [1.54, 1.807) is 0 Å². The first-order valence-corrected chi connectivity index (χ1v) is 9.12. The first-order valence-electron chi connectivity index (χ1n) is 9.12. The highest BCUT2D eigenvalue weighted by Gasteiger charge is 2.64. The third-order valence-corrected chi connectivity index (χ3v) is 4.27. The van der Waals surface area contributed by atoms with Gasteiger partial charge in [0.15, 0.2) is 0 Å². The fourth-order valence-corrected chi connectivity index (χ4v) is 2.79. The number of esters is 1. The van der Waals surface area contributed by atoms with Crippen LogP contribution < -0.4 is 0 Å². The van der Waals surface area contributed by atoms with E-state index in [9.17, 15) is 31.1 Å². The van der Waals surface area contributed by atoms with Gasteiger partial charge in [-0.15, -0.1) is 0 Å². The van der Waals surface area contributed by atoms with Gasteiger partial charge in [-0.25, -0.2) is 4.79 Å². The molecular formula is C20H24F6O3. The summed E-state index contributed by atoms with van der Waals surface area (Å²) in [5, 5.41) is 0. The van der Waals surface area contributed by atoms with Crippen LogP contribution in [0.4, 0.5) is 26.3 Å². The zero-order chi connectivity index (χ0) is 22.1. The minimum absolute atomic E-state index is 0.0369. The van der Waals surface area contributed by atoms with Crippen LogP contribution in [0.1, 0.15) is 44.6 Å². The van der Waals surface area contributed by atoms with E-state index in [0.717, 1.165) is 25.0 Å². The monoisotopic (exact) mass is 426 g/mol. The van der Waals surface area contributed by atoms with Crippen molar-refractivity contribution in [1.82, 2.24) is 0 Å². The van der Waals surface area contributed by atoms with Crippen molar-refractivity contribution in [3.05, 3.63) is 48.0 Å². The summed E-state index contributed by atoms with van der Waals surface area (Å²) >= 11 is 0. The van der Waals surface area contributed by atoms with E-state index >= 15 is 0 Å². The van der Waals surface area contributed by atoms with Crippen LogP contribution in [0.2, 0.25) is 0 Å². The summed E-state index contributed by atoms with van der Waals surface area (Å²) in [6, 6.07) is 6.11. The molecule has 1 rings (SSSR count). The van der Waals surface area contributed by atoms with Gasteiger partial charge in [0.05, 0.1) is 0 Å². The van der Waals surface area contributed by atoms with E-state index in [2.05, 4.69) is 4.74 Å². The van der Waals surface area contributed by atoms with Crippen molar-refractivity contribution in [3.63, 3.8) is 0 Å². The molecule has 2 atom stereocenters. The number of rotatable bonds is 10. The summed E-state index contributed by atoms with van der Waals surface area (Å²) in [5.74, 6) is -1.81. The van der Waals surface area contributed by atoms with Crippen molar-refractivity contribution in [2.45, 2.75) is 63.1 Å². The molecule has 0 fully saturated rings. The molecule has 3 nitrogen and oxygen atoms in total. The highest BCUT2D eigenvalue weighted by atomic mass is 19.4. The number of unbranched alkanes of at least 4 members (excludes halogenated alkanes) is 3. The number of ether oxygens (including phenoxy) is 2. The van der Waals surface area contributed by atoms with Crippen molar-refractivity contribution in [3.8, 4) is 0 Å². The van der Waals surface area contributed by atoms with Crippen LogP contribution in [0, 0.1) is 0 Å². The Balaban J connectivity index is 3.18. The third kappa shape index (κ3) is 7.06. The Morgan fingerprint density at radius 1 is 1.03 bits per heavy atom. The second-order valence-corrected chi connectivity index (χ2v) is 6.44. The maximum absolute atomic E-state index is 13.9. The third-order valence-electron chi connectivity index (χ3n) is 4.27. The molecule has 0 aliphatic rings. The van der Waals surface area contributed by atoms with Crippen molar-refractivity contribution in [2.24, 2.45) is 0 Å². The number of allylic oxidation sites excluding steroid dienone is 1. The molecule has 0 radical (unpaired) electrons. The van der Waals surface area contributed by atoms with Gasteiger partial charge in [0.25, 0.3) is 5.60 Å². The number of hydrogen-bond acceptors (Lipinski definition) is 3. The summed E-state index contributed by atoms with van der Waals surface area (Å²) in [4.78, 5) is 12.6. The second-order valence-electron chi connectivity index (χ2n) is 6.44. The summed E-state index contributed by atoms with van der Waals surface area (Å²) in [6.45, 7) is 1.93. The maximum atomic E-state index is 13.9. The molecular weight excluding hydrogens is 402 g/mol. The summed E-state index contributed by atoms with van der Waals surface area (Å²) in [7, 11) is 0.698. The van der Waals surface area contributed by atoms with Crippen LogP contribution in [-0.2, 0) is 19.9 Å². The quantitative estimate of drug-likeness (QED) is 0.197. The zero-order valence-electron chi connectivity index (χ0n) is 16.1. The number of benzene rings is 1. The Morgan fingerprint density at radius 3 is 2.14 bits per heavy atom. The fourth-order valence-electron chi connectivity index (χ4n) is 2.79. The average molecular weight is 426 g/mol. The topological polar surface area (TPSA) is 35.5 Å². The van der Waals surface area contributed by atoms with E-state index in [1.807, 2.05) is 6.92 Å². The zero-order valence-corrected chi connectivity index (χ0v) is 16.1. The number of halogens is 6. The van der Waals surface area contributed by atoms with Gasteiger partial charge in [-0.2, -0.15) is 26.3 Å². The first kappa shape index (κ1) is 25.0. The molecule has 0 aliphatic carbocycles.